The van der Waals surface area contributed by atoms with Crippen molar-refractivity contribution in [2.24, 2.45) is 0 Å². The van der Waals surface area contributed by atoms with Crippen molar-refractivity contribution >= 4 is 21.6 Å². The number of piperazine rings is 1. The van der Waals surface area contributed by atoms with Gasteiger partial charge in [0.1, 0.15) is 5.82 Å². The number of nitrogens with zero attached hydrogens (tertiary/aromatic N) is 1. The van der Waals surface area contributed by atoms with Crippen LogP contribution in [0.2, 0.25) is 0 Å². The number of sulfonamides is 1. The van der Waals surface area contributed by atoms with Crippen LogP contribution in [-0.2, 0) is 14.8 Å². The lowest BCUT2D eigenvalue weighted by Crippen LogP contribution is -2.47. The largest absolute Gasteiger partial charge is 0.326 e. The molecule has 0 radical (unpaired) electrons. The predicted molar refractivity (Wildman–Crippen MR) is 77.9 cm³/mol. The van der Waals surface area contributed by atoms with E-state index in [1.807, 2.05) is 0 Å². The van der Waals surface area contributed by atoms with Gasteiger partial charge in [0.15, 0.2) is 0 Å². The van der Waals surface area contributed by atoms with Gasteiger partial charge in [-0.3, -0.25) is 4.79 Å². The fraction of sp³-hybridized carbons (Fsp3) is 0.462. The van der Waals surface area contributed by atoms with Gasteiger partial charge in [0, 0.05) is 38.3 Å². The Hall–Kier alpha value is -1.51. The summed E-state index contributed by atoms with van der Waals surface area (Å²) < 4.78 is 38.5. The Morgan fingerprint density at radius 1 is 1.33 bits per heavy atom. The number of anilines is 1. The summed E-state index contributed by atoms with van der Waals surface area (Å²) in [6.07, 6.45) is -0.150. The molecule has 0 aliphatic carbocycles. The summed E-state index contributed by atoms with van der Waals surface area (Å²) in [5, 5.41) is 5.55. The van der Waals surface area contributed by atoms with Crippen molar-refractivity contribution in [3.05, 3.63) is 30.1 Å². The summed E-state index contributed by atoms with van der Waals surface area (Å²) in [5.74, 6) is -1.14. The van der Waals surface area contributed by atoms with Crippen molar-refractivity contribution in [2.75, 3.05) is 37.2 Å². The molecule has 1 amide bonds. The molecule has 116 valence electrons. The van der Waals surface area contributed by atoms with Gasteiger partial charge in [0.05, 0.1) is 5.75 Å². The zero-order valence-electron chi connectivity index (χ0n) is 11.5. The molecule has 1 saturated heterocycles. The summed E-state index contributed by atoms with van der Waals surface area (Å²) >= 11 is 0. The average molecular weight is 315 g/mol. The van der Waals surface area contributed by atoms with Crippen LogP contribution in [0.5, 0.6) is 0 Å². The minimum Gasteiger partial charge on any atom is -0.326 e. The maximum atomic E-state index is 13.0. The standard InChI is InChI=1S/C13H18FN3O3S/c14-11-2-1-3-12(10-11)16-13(18)4-9-21(19,20)17-7-5-15-6-8-17/h1-3,10,15H,4-9H2,(H,16,18). The first-order valence-corrected chi connectivity index (χ1v) is 8.32. The first kappa shape index (κ1) is 15.9. The molecule has 0 bridgehead atoms. The fourth-order valence-electron chi connectivity index (χ4n) is 2.06. The summed E-state index contributed by atoms with van der Waals surface area (Å²) in [5.41, 5.74) is 0.319. The monoisotopic (exact) mass is 315 g/mol. The Labute approximate surface area is 123 Å². The molecule has 2 rings (SSSR count). The van der Waals surface area contributed by atoms with Gasteiger partial charge >= 0.3 is 0 Å². The molecular formula is C13H18FN3O3S. The highest BCUT2D eigenvalue weighted by atomic mass is 32.2. The van der Waals surface area contributed by atoms with Gasteiger partial charge in [-0.25, -0.2) is 12.8 Å². The minimum absolute atomic E-state index is 0.150. The zero-order chi connectivity index (χ0) is 15.3. The van der Waals surface area contributed by atoms with Gasteiger partial charge in [-0.15, -0.1) is 0 Å². The minimum atomic E-state index is -3.42. The molecule has 6 nitrogen and oxygen atoms in total. The normalized spacial score (nSPS) is 16.6. The number of rotatable bonds is 5. The van der Waals surface area contributed by atoms with Gasteiger partial charge in [-0.05, 0) is 18.2 Å². The number of nitrogens with one attached hydrogen (secondary N) is 2. The summed E-state index contributed by atoms with van der Waals surface area (Å²) in [6, 6.07) is 5.47. The first-order chi connectivity index (χ1) is 9.97. The van der Waals surface area contributed by atoms with Crippen LogP contribution in [0.1, 0.15) is 6.42 Å². The van der Waals surface area contributed by atoms with Crippen LogP contribution in [0, 0.1) is 5.82 Å². The molecule has 0 saturated carbocycles. The molecular weight excluding hydrogens is 297 g/mol. The molecule has 8 heteroatoms. The molecule has 2 N–H and O–H groups in total. The SMILES string of the molecule is O=C(CCS(=O)(=O)N1CCNCC1)Nc1cccc(F)c1. The molecule has 1 aromatic rings. The second-order valence-electron chi connectivity index (χ2n) is 4.77. The van der Waals surface area contributed by atoms with Crippen molar-refractivity contribution in [2.45, 2.75) is 6.42 Å². The second kappa shape index (κ2) is 6.97. The molecule has 1 aliphatic rings. The maximum Gasteiger partial charge on any atom is 0.225 e. The molecule has 0 aromatic heterocycles. The van der Waals surface area contributed by atoms with E-state index in [9.17, 15) is 17.6 Å². The smallest absolute Gasteiger partial charge is 0.225 e. The van der Waals surface area contributed by atoms with Crippen LogP contribution in [0.3, 0.4) is 0 Å². The number of hydrogen-bond acceptors (Lipinski definition) is 4. The summed E-state index contributed by atoms with van der Waals surface area (Å²) in [7, 11) is -3.42. The lowest BCUT2D eigenvalue weighted by atomic mass is 10.3. The molecule has 0 unspecified atom stereocenters. The van der Waals surface area contributed by atoms with Crippen molar-refractivity contribution in [1.82, 2.24) is 9.62 Å². The Bertz CT molecular complexity index is 600. The van der Waals surface area contributed by atoms with E-state index in [-0.39, 0.29) is 12.2 Å². The number of hydrogen-bond donors (Lipinski definition) is 2. The lowest BCUT2D eigenvalue weighted by molar-refractivity contribution is -0.115. The average Bonchev–Trinajstić information content (AvgIpc) is 2.46. The fourth-order valence-corrected chi connectivity index (χ4v) is 3.50. The molecule has 0 spiro atoms. The van der Waals surface area contributed by atoms with Crippen LogP contribution in [0.4, 0.5) is 10.1 Å². The quantitative estimate of drug-likeness (QED) is 0.824. The molecule has 1 fully saturated rings. The van der Waals surface area contributed by atoms with Crippen LogP contribution >= 0.6 is 0 Å². The van der Waals surface area contributed by atoms with Gasteiger partial charge < -0.3 is 10.6 Å². The highest BCUT2D eigenvalue weighted by Gasteiger charge is 2.24. The molecule has 21 heavy (non-hydrogen) atoms. The summed E-state index contributed by atoms with van der Waals surface area (Å²) in [6.45, 7) is 2.09. The summed E-state index contributed by atoms with van der Waals surface area (Å²) in [4.78, 5) is 11.7. The van der Waals surface area contributed by atoms with E-state index in [1.54, 1.807) is 6.07 Å². The third-order valence-electron chi connectivity index (χ3n) is 3.16. The van der Waals surface area contributed by atoms with Crippen molar-refractivity contribution < 1.29 is 17.6 Å². The van der Waals surface area contributed by atoms with Crippen molar-refractivity contribution in [1.29, 1.82) is 0 Å². The van der Waals surface area contributed by atoms with Crippen LogP contribution < -0.4 is 10.6 Å². The number of amides is 1. The van der Waals surface area contributed by atoms with E-state index >= 15 is 0 Å². The van der Waals surface area contributed by atoms with Gasteiger partial charge in [0.25, 0.3) is 0 Å². The maximum absolute atomic E-state index is 13.0. The molecule has 1 heterocycles. The van der Waals surface area contributed by atoms with Gasteiger partial charge in [-0.1, -0.05) is 6.07 Å². The topological polar surface area (TPSA) is 78.5 Å². The molecule has 1 aliphatic heterocycles. The van der Waals surface area contributed by atoms with E-state index < -0.39 is 21.7 Å². The van der Waals surface area contributed by atoms with Crippen molar-refractivity contribution in [3.63, 3.8) is 0 Å². The van der Waals surface area contributed by atoms with E-state index in [4.69, 9.17) is 0 Å². The van der Waals surface area contributed by atoms with E-state index in [1.165, 1.54) is 22.5 Å². The van der Waals surface area contributed by atoms with E-state index in [0.29, 0.717) is 31.9 Å². The Morgan fingerprint density at radius 2 is 2.05 bits per heavy atom. The zero-order valence-corrected chi connectivity index (χ0v) is 12.3. The highest BCUT2D eigenvalue weighted by molar-refractivity contribution is 7.89. The van der Waals surface area contributed by atoms with Gasteiger partial charge in [-0.2, -0.15) is 4.31 Å². The van der Waals surface area contributed by atoms with Gasteiger partial charge in [0.2, 0.25) is 15.9 Å². The third-order valence-corrected chi connectivity index (χ3v) is 5.04. The van der Waals surface area contributed by atoms with E-state index in [2.05, 4.69) is 10.6 Å². The Morgan fingerprint density at radius 3 is 2.71 bits per heavy atom. The Kier molecular flexibility index (Phi) is 5.27. The van der Waals surface area contributed by atoms with Crippen LogP contribution in [0.25, 0.3) is 0 Å². The van der Waals surface area contributed by atoms with Crippen LogP contribution in [0.15, 0.2) is 24.3 Å². The Balaban J connectivity index is 1.85. The van der Waals surface area contributed by atoms with E-state index in [0.717, 1.165) is 0 Å². The van der Waals surface area contributed by atoms with Crippen molar-refractivity contribution in [3.8, 4) is 0 Å². The number of benzene rings is 1. The first-order valence-electron chi connectivity index (χ1n) is 6.71. The van der Waals surface area contributed by atoms with Crippen LogP contribution in [-0.4, -0.2) is 50.6 Å². The number of carbonyl (C=O) groups is 1. The second-order valence-corrected chi connectivity index (χ2v) is 6.86. The predicted octanol–water partition coefficient (Wildman–Crippen LogP) is 0.389. The third kappa shape index (κ3) is 4.76. The lowest BCUT2D eigenvalue weighted by Gasteiger charge is -2.26. The number of halogens is 1. The highest BCUT2D eigenvalue weighted by Crippen LogP contribution is 2.10. The number of carbonyl (C=O) groups excluding carboxylic acids is 1. The molecule has 0 atom stereocenters. The molecule has 1 aromatic carbocycles.